The van der Waals surface area contributed by atoms with Crippen LogP contribution in [0.15, 0.2) is 83.9 Å². The Hall–Kier alpha value is -2.85. The van der Waals surface area contributed by atoms with Crippen molar-refractivity contribution in [3.8, 4) is 0 Å². The third-order valence-electron chi connectivity index (χ3n) is 4.64. The maximum absolute atomic E-state index is 14.0. The van der Waals surface area contributed by atoms with E-state index in [4.69, 9.17) is 16.6 Å². The molecule has 1 heterocycles. The first-order valence-electron chi connectivity index (χ1n) is 8.83. The molecular weight excluding hydrogens is 361 g/mol. The van der Waals surface area contributed by atoms with E-state index in [9.17, 15) is 4.39 Å². The Kier molecular flexibility index (Phi) is 5.07. The van der Waals surface area contributed by atoms with Crippen LogP contribution in [0.5, 0.6) is 0 Å². The highest BCUT2D eigenvalue weighted by Crippen LogP contribution is 2.35. The Morgan fingerprint density at radius 2 is 1.59 bits per heavy atom. The summed E-state index contributed by atoms with van der Waals surface area (Å²) in [5, 5.41) is 7.05. The molecule has 2 N–H and O–H groups in total. The third kappa shape index (κ3) is 3.96. The second-order valence-corrected chi connectivity index (χ2v) is 6.89. The maximum atomic E-state index is 14.0. The summed E-state index contributed by atoms with van der Waals surface area (Å²) in [6.45, 7) is 0.331. The Morgan fingerprint density at radius 1 is 0.926 bits per heavy atom. The number of benzene rings is 3. The van der Waals surface area contributed by atoms with Crippen LogP contribution in [-0.4, -0.2) is 5.96 Å². The van der Waals surface area contributed by atoms with Crippen molar-refractivity contribution in [3.63, 3.8) is 0 Å². The van der Waals surface area contributed by atoms with Gasteiger partial charge in [0.25, 0.3) is 0 Å². The van der Waals surface area contributed by atoms with Crippen LogP contribution in [0.25, 0.3) is 0 Å². The fraction of sp³-hybridized carbons (Fsp3) is 0.136. The molecule has 0 bridgehead atoms. The lowest BCUT2D eigenvalue weighted by Crippen LogP contribution is -2.35. The van der Waals surface area contributed by atoms with Crippen molar-refractivity contribution in [1.82, 2.24) is 10.6 Å². The van der Waals surface area contributed by atoms with Crippen LogP contribution < -0.4 is 10.6 Å². The fourth-order valence-electron chi connectivity index (χ4n) is 3.26. The van der Waals surface area contributed by atoms with Crippen LogP contribution in [-0.2, 0) is 6.54 Å². The molecule has 3 aromatic carbocycles. The number of guanidine groups is 1. The zero-order chi connectivity index (χ0) is 18.6. The standard InChI is InChI=1S/C22H19ClFN3/c23-18-12-11-17(19(24)13-18)14-25-22-26-20(15-7-3-1-4-8-15)21(27-22)16-9-5-2-6-10-16/h1-13,20-21H,14H2,(H2,25,26,27). The first-order chi connectivity index (χ1) is 13.2. The molecule has 0 radical (unpaired) electrons. The van der Waals surface area contributed by atoms with E-state index in [0.717, 1.165) is 11.1 Å². The highest BCUT2D eigenvalue weighted by molar-refractivity contribution is 6.30. The molecule has 3 aromatic rings. The zero-order valence-electron chi connectivity index (χ0n) is 14.6. The van der Waals surface area contributed by atoms with Crippen molar-refractivity contribution in [2.24, 2.45) is 4.99 Å². The van der Waals surface area contributed by atoms with E-state index in [-0.39, 0.29) is 17.9 Å². The van der Waals surface area contributed by atoms with Crippen LogP contribution in [0.1, 0.15) is 28.8 Å². The number of hydrogen-bond acceptors (Lipinski definition) is 3. The number of hydrogen-bond donors (Lipinski definition) is 2. The number of nitrogens with one attached hydrogen (secondary N) is 2. The topological polar surface area (TPSA) is 36.4 Å². The van der Waals surface area contributed by atoms with E-state index in [1.165, 1.54) is 6.07 Å². The van der Waals surface area contributed by atoms with Gasteiger partial charge in [0, 0.05) is 17.1 Å². The van der Waals surface area contributed by atoms with Gasteiger partial charge in [-0.25, -0.2) is 9.38 Å². The first kappa shape index (κ1) is 17.6. The Bertz CT molecular complexity index is 944. The molecule has 5 heteroatoms. The van der Waals surface area contributed by atoms with Gasteiger partial charge < -0.3 is 10.6 Å². The van der Waals surface area contributed by atoms with Crippen molar-refractivity contribution in [3.05, 3.63) is 106 Å². The molecule has 4 rings (SSSR count). The van der Waals surface area contributed by atoms with E-state index in [0.29, 0.717) is 23.1 Å². The molecular formula is C22H19ClFN3. The van der Waals surface area contributed by atoms with Crippen LogP contribution in [0.2, 0.25) is 5.02 Å². The molecule has 0 aromatic heterocycles. The molecule has 2 atom stereocenters. The van der Waals surface area contributed by atoms with Gasteiger partial charge in [0.15, 0.2) is 5.96 Å². The minimum Gasteiger partial charge on any atom is -0.352 e. The van der Waals surface area contributed by atoms with Gasteiger partial charge >= 0.3 is 0 Å². The summed E-state index contributed by atoms with van der Waals surface area (Å²) in [4.78, 5) is 4.82. The molecule has 27 heavy (non-hydrogen) atoms. The van der Waals surface area contributed by atoms with Crippen molar-refractivity contribution < 1.29 is 4.39 Å². The average molecular weight is 380 g/mol. The maximum Gasteiger partial charge on any atom is 0.192 e. The lowest BCUT2D eigenvalue weighted by Gasteiger charge is -2.19. The van der Waals surface area contributed by atoms with Crippen LogP contribution in [0.3, 0.4) is 0 Å². The highest BCUT2D eigenvalue weighted by Gasteiger charge is 2.31. The molecule has 0 fully saturated rings. The molecule has 0 aliphatic carbocycles. The van der Waals surface area contributed by atoms with Crippen LogP contribution >= 0.6 is 11.6 Å². The molecule has 0 saturated carbocycles. The molecule has 0 spiro atoms. The summed E-state index contributed by atoms with van der Waals surface area (Å²) in [7, 11) is 0. The molecule has 0 saturated heterocycles. The van der Waals surface area contributed by atoms with E-state index < -0.39 is 0 Å². The van der Waals surface area contributed by atoms with Crippen molar-refractivity contribution in [1.29, 1.82) is 0 Å². The molecule has 1 aliphatic rings. The number of rotatable bonds is 4. The summed E-state index contributed by atoms with van der Waals surface area (Å²) in [5.74, 6) is 0.333. The smallest absolute Gasteiger partial charge is 0.192 e. The molecule has 1 aliphatic heterocycles. The lowest BCUT2D eigenvalue weighted by atomic mass is 9.95. The van der Waals surface area contributed by atoms with Gasteiger partial charge in [0.1, 0.15) is 11.9 Å². The van der Waals surface area contributed by atoms with Gasteiger partial charge in [0.2, 0.25) is 0 Å². The summed E-state index contributed by atoms with van der Waals surface area (Å²) >= 11 is 5.82. The molecule has 2 unspecified atom stereocenters. The van der Waals surface area contributed by atoms with E-state index in [2.05, 4.69) is 34.9 Å². The molecule has 0 amide bonds. The summed E-state index contributed by atoms with van der Waals surface area (Å²) in [6.07, 6.45) is 0. The largest absolute Gasteiger partial charge is 0.352 e. The quantitative estimate of drug-likeness (QED) is 0.668. The minimum absolute atomic E-state index is 0.0196. The average Bonchev–Trinajstić information content (AvgIpc) is 3.13. The second kappa shape index (κ2) is 7.80. The van der Waals surface area contributed by atoms with E-state index >= 15 is 0 Å². The fourth-order valence-corrected chi connectivity index (χ4v) is 3.42. The Balaban J connectivity index is 1.56. The second-order valence-electron chi connectivity index (χ2n) is 6.46. The SMILES string of the molecule is Fc1cc(Cl)ccc1CNC1=NC(c2ccccc2)C(c2ccccc2)N1. The predicted octanol–water partition coefficient (Wildman–Crippen LogP) is 5.01. The van der Waals surface area contributed by atoms with E-state index in [1.807, 2.05) is 36.4 Å². The van der Waals surface area contributed by atoms with E-state index in [1.54, 1.807) is 12.1 Å². The molecule has 3 nitrogen and oxygen atoms in total. The van der Waals surface area contributed by atoms with Crippen LogP contribution in [0, 0.1) is 5.82 Å². The number of halogens is 2. The third-order valence-corrected chi connectivity index (χ3v) is 4.87. The monoisotopic (exact) mass is 379 g/mol. The highest BCUT2D eigenvalue weighted by atomic mass is 35.5. The van der Waals surface area contributed by atoms with Gasteiger partial charge in [-0.05, 0) is 23.3 Å². The number of nitrogens with zero attached hydrogens (tertiary/aromatic N) is 1. The van der Waals surface area contributed by atoms with Crippen molar-refractivity contribution in [2.75, 3.05) is 0 Å². The molecule has 136 valence electrons. The number of aliphatic imine (C=N–C) groups is 1. The predicted molar refractivity (Wildman–Crippen MR) is 107 cm³/mol. The Morgan fingerprint density at radius 3 is 2.26 bits per heavy atom. The van der Waals surface area contributed by atoms with Gasteiger partial charge in [-0.3, -0.25) is 0 Å². The van der Waals surface area contributed by atoms with Gasteiger partial charge in [-0.15, -0.1) is 0 Å². The normalized spacial score (nSPS) is 18.7. The van der Waals surface area contributed by atoms with Gasteiger partial charge in [-0.1, -0.05) is 78.3 Å². The van der Waals surface area contributed by atoms with Gasteiger partial charge in [0.05, 0.1) is 6.04 Å². The van der Waals surface area contributed by atoms with Crippen LogP contribution in [0.4, 0.5) is 4.39 Å². The minimum atomic E-state index is -0.326. The summed E-state index contributed by atoms with van der Waals surface area (Å²) < 4.78 is 14.0. The van der Waals surface area contributed by atoms with Crippen molar-refractivity contribution >= 4 is 17.6 Å². The first-order valence-corrected chi connectivity index (χ1v) is 9.20. The summed E-state index contributed by atoms with van der Waals surface area (Å²) in [6, 6.07) is 25.1. The summed E-state index contributed by atoms with van der Waals surface area (Å²) in [5.41, 5.74) is 2.83. The van der Waals surface area contributed by atoms with Gasteiger partial charge in [-0.2, -0.15) is 0 Å². The zero-order valence-corrected chi connectivity index (χ0v) is 15.3. The Labute approximate surface area is 162 Å². The lowest BCUT2D eigenvalue weighted by molar-refractivity contribution is 0.569. The van der Waals surface area contributed by atoms with Crippen molar-refractivity contribution in [2.45, 2.75) is 18.6 Å².